The molecule has 0 aliphatic heterocycles. The van der Waals surface area contributed by atoms with Crippen molar-refractivity contribution >= 4 is 16.9 Å². The number of hydrogen-bond acceptors (Lipinski definition) is 4. The lowest BCUT2D eigenvalue weighted by atomic mass is 10.1. The molecule has 2 aromatic heterocycles. The fraction of sp³-hybridized carbons (Fsp3) is 0.143. The van der Waals surface area contributed by atoms with Crippen molar-refractivity contribution in [1.29, 1.82) is 0 Å². The quantitative estimate of drug-likeness (QED) is 0.580. The van der Waals surface area contributed by atoms with Crippen LogP contribution in [0.3, 0.4) is 0 Å². The fourth-order valence-electron chi connectivity index (χ4n) is 3.23. The van der Waals surface area contributed by atoms with E-state index in [9.17, 15) is 9.59 Å². The van der Waals surface area contributed by atoms with Gasteiger partial charge >= 0.3 is 0 Å². The summed E-state index contributed by atoms with van der Waals surface area (Å²) in [5.74, 6) is 0.432. The molecule has 0 bridgehead atoms. The predicted molar refractivity (Wildman–Crippen MR) is 106 cm³/mol. The summed E-state index contributed by atoms with van der Waals surface area (Å²) >= 11 is 0. The Kier molecular flexibility index (Phi) is 4.72. The summed E-state index contributed by atoms with van der Waals surface area (Å²) in [4.78, 5) is 33.7. The number of fused-ring (bicyclic) bond motifs is 1. The Morgan fingerprint density at radius 3 is 2.57 bits per heavy atom. The summed E-state index contributed by atoms with van der Waals surface area (Å²) in [6.07, 6.45) is 4.76. The van der Waals surface area contributed by atoms with Gasteiger partial charge in [-0.2, -0.15) is 0 Å². The Morgan fingerprint density at radius 2 is 1.82 bits per heavy atom. The summed E-state index contributed by atoms with van der Waals surface area (Å²) in [5.41, 5.74) is 1.89. The van der Waals surface area contributed by atoms with Crippen molar-refractivity contribution in [2.75, 3.05) is 0 Å². The van der Waals surface area contributed by atoms with Crippen molar-refractivity contribution in [3.05, 3.63) is 94.9 Å². The van der Waals surface area contributed by atoms with Gasteiger partial charge in [-0.15, -0.1) is 0 Å². The molecule has 7 nitrogen and oxygen atoms in total. The largest absolute Gasteiger partial charge is 0.341 e. The normalized spacial score (nSPS) is 12.0. The van der Waals surface area contributed by atoms with Crippen molar-refractivity contribution < 1.29 is 4.79 Å². The van der Waals surface area contributed by atoms with Gasteiger partial charge in [-0.25, -0.2) is 9.97 Å². The molecule has 1 unspecified atom stereocenters. The number of rotatable bonds is 5. The van der Waals surface area contributed by atoms with Crippen molar-refractivity contribution in [2.24, 2.45) is 7.05 Å². The first-order valence-corrected chi connectivity index (χ1v) is 8.89. The molecular formula is C21H19N5O2. The molecule has 0 fully saturated rings. The van der Waals surface area contributed by atoms with E-state index in [4.69, 9.17) is 0 Å². The Labute approximate surface area is 161 Å². The zero-order chi connectivity index (χ0) is 19.5. The van der Waals surface area contributed by atoms with E-state index in [0.717, 1.165) is 5.56 Å². The number of nitrogens with zero attached hydrogens (tertiary/aromatic N) is 4. The van der Waals surface area contributed by atoms with E-state index in [1.807, 2.05) is 66.3 Å². The number of aromatic nitrogens is 4. The van der Waals surface area contributed by atoms with Gasteiger partial charge in [0.2, 0.25) is 5.91 Å². The van der Waals surface area contributed by atoms with Gasteiger partial charge in [0, 0.05) is 19.4 Å². The van der Waals surface area contributed by atoms with Crippen LogP contribution in [-0.2, 0) is 18.4 Å². The topological polar surface area (TPSA) is 81.8 Å². The highest BCUT2D eigenvalue weighted by Gasteiger charge is 2.21. The highest BCUT2D eigenvalue weighted by molar-refractivity contribution is 5.80. The molecule has 0 aliphatic rings. The van der Waals surface area contributed by atoms with Gasteiger partial charge in [0.15, 0.2) is 0 Å². The number of aryl methyl sites for hydroxylation is 1. The van der Waals surface area contributed by atoms with Crippen LogP contribution in [-0.4, -0.2) is 25.0 Å². The molecule has 1 amide bonds. The Morgan fingerprint density at radius 1 is 1.07 bits per heavy atom. The van der Waals surface area contributed by atoms with Crippen LogP contribution in [0.4, 0.5) is 0 Å². The molecule has 4 aromatic rings. The Hall–Kier alpha value is -3.74. The van der Waals surface area contributed by atoms with E-state index >= 15 is 0 Å². The van der Waals surface area contributed by atoms with E-state index in [2.05, 4.69) is 15.3 Å². The van der Waals surface area contributed by atoms with Gasteiger partial charge in [0.05, 0.1) is 17.2 Å². The second-order valence-electron chi connectivity index (χ2n) is 6.48. The number of nitrogens with one attached hydrogen (secondary N) is 1. The lowest BCUT2D eigenvalue weighted by Crippen LogP contribution is -2.36. The van der Waals surface area contributed by atoms with Gasteiger partial charge in [-0.1, -0.05) is 42.5 Å². The number of carbonyl (C=O) groups excluding carboxylic acids is 1. The zero-order valence-electron chi connectivity index (χ0n) is 15.3. The molecular weight excluding hydrogens is 354 g/mol. The summed E-state index contributed by atoms with van der Waals surface area (Å²) in [7, 11) is 1.88. The summed E-state index contributed by atoms with van der Waals surface area (Å²) in [5, 5.41) is 3.01. The maximum absolute atomic E-state index is 12.9. The average molecular weight is 373 g/mol. The van der Waals surface area contributed by atoms with Crippen molar-refractivity contribution in [3.63, 3.8) is 0 Å². The van der Waals surface area contributed by atoms with Gasteiger partial charge < -0.3 is 9.88 Å². The van der Waals surface area contributed by atoms with Crippen LogP contribution >= 0.6 is 0 Å². The van der Waals surface area contributed by atoms with Gasteiger partial charge in [-0.3, -0.25) is 14.2 Å². The minimum Gasteiger partial charge on any atom is -0.341 e. The highest BCUT2D eigenvalue weighted by atomic mass is 16.2. The number of hydrogen-bond donors (Lipinski definition) is 1. The maximum Gasteiger partial charge on any atom is 0.269 e. The molecule has 4 rings (SSSR count). The molecule has 7 heteroatoms. The smallest absolute Gasteiger partial charge is 0.269 e. The van der Waals surface area contributed by atoms with E-state index in [0.29, 0.717) is 16.9 Å². The molecule has 0 aliphatic carbocycles. The number of carbonyl (C=O) groups is 1. The Bertz CT molecular complexity index is 1180. The van der Waals surface area contributed by atoms with Crippen molar-refractivity contribution in [3.8, 4) is 0 Å². The van der Waals surface area contributed by atoms with Gasteiger partial charge in [-0.05, 0) is 17.7 Å². The minimum atomic E-state index is -0.419. The first-order valence-electron chi connectivity index (χ1n) is 8.89. The van der Waals surface area contributed by atoms with Crippen LogP contribution in [0.2, 0.25) is 0 Å². The van der Waals surface area contributed by atoms with E-state index in [1.165, 1.54) is 10.8 Å². The number of imidazole rings is 1. The first kappa shape index (κ1) is 17.7. The van der Waals surface area contributed by atoms with Gasteiger partial charge in [0.25, 0.3) is 5.56 Å². The fourth-order valence-corrected chi connectivity index (χ4v) is 3.23. The third kappa shape index (κ3) is 3.42. The second kappa shape index (κ2) is 7.48. The first-order chi connectivity index (χ1) is 13.6. The summed E-state index contributed by atoms with van der Waals surface area (Å²) in [6, 6.07) is 16.5. The Balaban J connectivity index is 1.66. The predicted octanol–water partition coefficient (Wildman–Crippen LogP) is 2.04. The van der Waals surface area contributed by atoms with Crippen LogP contribution in [0.15, 0.2) is 78.0 Å². The monoisotopic (exact) mass is 373 g/mol. The lowest BCUT2D eigenvalue weighted by Gasteiger charge is -2.20. The molecule has 0 saturated heterocycles. The maximum atomic E-state index is 12.9. The molecule has 0 radical (unpaired) electrons. The van der Waals surface area contributed by atoms with Crippen LogP contribution < -0.4 is 10.9 Å². The third-order valence-corrected chi connectivity index (χ3v) is 4.61. The highest BCUT2D eigenvalue weighted by Crippen LogP contribution is 2.20. The molecule has 1 N–H and O–H groups in total. The van der Waals surface area contributed by atoms with Crippen LogP contribution in [0.5, 0.6) is 0 Å². The standard InChI is InChI=1S/C21H19N5O2/c1-25-12-11-22-21(25)20(15-7-3-2-4-8-15)24-18(27)14-26-17-10-6-5-9-16(17)23-13-19(26)28/h2-13,20H,14H2,1H3,(H,24,27). The molecule has 1 atom stereocenters. The summed E-state index contributed by atoms with van der Waals surface area (Å²) in [6.45, 7) is -0.102. The van der Waals surface area contributed by atoms with Crippen molar-refractivity contribution in [1.82, 2.24) is 24.4 Å². The molecule has 2 heterocycles. The van der Waals surface area contributed by atoms with Crippen molar-refractivity contribution in [2.45, 2.75) is 12.6 Å². The van der Waals surface area contributed by atoms with Crippen LogP contribution in [0, 0.1) is 0 Å². The molecule has 0 saturated carbocycles. The molecule has 28 heavy (non-hydrogen) atoms. The summed E-state index contributed by atoms with van der Waals surface area (Å²) < 4.78 is 3.30. The third-order valence-electron chi connectivity index (χ3n) is 4.61. The molecule has 2 aromatic carbocycles. The zero-order valence-corrected chi connectivity index (χ0v) is 15.3. The number of amides is 1. The molecule has 140 valence electrons. The van der Waals surface area contributed by atoms with Crippen LogP contribution in [0.1, 0.15) is 17.4 Å². The number of para-hydroxylation sites is 2. The van der Waals surface area contributed by atoms with E-state index in [1.54, 1.807) is 12.3 Å². The van der Waals surface area contributed by atoms with Gasteiger partial charge in [0.1, 0.15) is 18.4 Å². The number of benzene rings is 2. The SMILES string of the molecule is Cn1ccnc1C(NC(=O)Cn1c(=O)cnc2ccccc21)c1ccccc1. The van der Waals surface area contributed by atoms with E-state index in [-0.39, 0.29) is 18.0 Å². The van der Waals surface area contributed by atoms with Crippen LogP contribution in [0.25, 0.3) is 11.0 Å². The second-order valence-corrected chi connectivity index (χ2v) is 6.48. The minimum absolute atomic E-state index is 0.102. The lowest BCUT2D eigenvalue weighted by molar-refractivity contribution is -0.122. The van der Waals surface area contributed by atoms with E-state index < -0.39 is 6.04 Å². The molecule has 0 spiro atoms. The average Bonchev–Trinajstić information content (AvgIpc) is 3.14.